The van der Waals surface area contributed by atoms with E-state index in [4.69, 9.17) is 4.74 Å². The lowest BCUT2D eigenvalue weighted by molar-refractivity contribution is -0.232. The van der Waals surface area contributed by atoms with Crippen LogP contribution in [-0.2, 0) is 19.1 Å². The molecule has 8 atom stereocenters. The van der Waals surface area contributed by atoms with Gasteiger partial charge in [0.1, 0.15) is 6.10 Å². The topological polar surface area (TPSA) is 116 Å². The Morgan fingerprint density at radius 2 is 1.56 bits per heavy atom. The minimum absolute atomic E-state index is 0.0120. The van der Waals surface area contributed by atoms with E-state index in [0.717, 1.165) is 70.0 Å². The summed E-state index contributed by atoms with van der Waals surface area (Å²) in [5.41, 5.74) is 0.365. The molecule has 0 spiro atoms. The number of amides is 2. The number of ether oxygens (including phenoxy) is 1. The third kappa shape index (κ3) is 5.57. The van der Waals surface area contributed by atoms with Gasteiger partial charge in [-0.25, -0.2) is 4.79 Å². The van der Waals surface area contributed by atoms with E-state index in [1.165, 1.54) is 5.57 Å². The molecule has 4 saturated carbocycles. The number of urea groups is 1. The molecule has 280 valence electrons. The van der Waals surface area contributed by atoms with Gasteiger partial charge in [0.15, 0.2) is 5.78 Å². The van der Waals surface area contributed by atoms with Crippen molar-refractivity contribution in [2.45, 2.75) is 138 Å². The zero-order valence-corrected chi connectivity index (χ0v) is 32.7. The Balaban J connectivity index is 1.28. The molecule has 50 heavy (non-hydrogen) atoms. The number of nitrogens with zero attached hydrogens (tertiary/aromatic N) is 2. The zero-order chi connectivity index (χ0) is 36.8. The maximum Gasteiger partial charge on any atom is 0.318 e. The van der Waals surface area contributed by atoms with Crippen LogP contribution in [-0.4, -0.2) is 83.5 Å². The molecular weight excluding hydrogens is 630 g/mol. The summed E-state index contributed by atoms with van der Waals surface area (Å²) in [6, 6.07) is -0.0175. The fraction of sp³-hybridized carbons (Fsp3) is 0.854. The standard InChI is InChI=1S/C41H65N3O6/c1-25(2)32-27(45)23-41(42-35(49)44-21-19-43(10)20-22-44)18-17-39(8)26(33(32)41)11-12-29-38(7)15-14-30(50-31(46)24-36(3,4)34(47)48)37(5,6)28(38)13-16-40(29,39)9/h25-26,28-30H,11-24H2,1-10H3,(H,42,49)(H,47,48)/t26-,28+,29-,30+,38+,39-,40-,41-/m1/s1. The first-order valence-corrected chi connectivity index (χ1v) is 19.6. The van der Waals surface area contributed by atoms with Crippen LogP contribution in [0.25, 0.3) is 0 Å². The fourth-order valence-electron chi connectivity index (χ4n) is 12.9. The molecule has 2 amide bonds. The quantitative estimate of drug-likeness (QED) is 0.285. The van der Waals surface area contributed by atoms with Crippen molar-refractivity contribution < 1.29 is 29.0 Å². The molecule has 6 aliphatic rings. The average molecular weight is 696 g/mol. The number of ketones is 1. The molecule has 1 heterocycles. The fourth-order valence-corrected chi connectivity index (χ4v) is 12.9. The van der Waals surface area contributed by atoms with Gasteiger partial charge in [-0.3, -0.25) is 14.4 Å². The van der Waals surface area contributed by atoms with E-state index in [2.05, 4.69) is 65.7 Å². The monoisotopic (exact) mass is 695 g/mol. The molecule has 0 aromatic rings. The van der Waals surface area contributed by atoms with Crippen molar-refractivity contribution in [2.24, 2.45) is 50.7 Å². The second-order valence-electron chi connectivity index (χ2n) is 19.7. The van der Waals surface area contributed by atoms with Crippen LogP contribution in [0.2, 0.25) is 0 Å². The van der Waals surface area contributed by atoms with Crippen LogP contribution in [0.3, 0.4) is 0 Å². The van der Waals surface area contributed by atoms with Crippen molar-refractivity contribution in [3.05, 3.63) is 11.1 Å². The number of likely N-dealkylation sites (N-methyl/N-ethyl adjacent to an activating group) is 1. The van der Waals surface area contributed by atoms with Crippen molar-refractivity contribution in [3.63, 3.8) is 0 Å². The van der Waals surface area contributed by atoms with Gasteiger partial charge < -0.3 is 25.0 Å². The van der Waals surface area contributed by atoms with E-state index in [1.54, 1.807) is 13.8 Å². The third-order valence-electron chi connectivity index (χ3n) is 15.9. The smallest absolute Gasteiger partial charge is 0.318 e. The highest BCUT2D eigenvalue weighted by molar-refractivity contribution is 6.02. The summed E-state index contributed by atoms with van der Waals surface area (Å²) in [5.74, 6) is 0.0378. The van der Waals surface area contributed by atoms with E-state index in [-0.39, 0.29) is 57.8 Å². The molecule has 9 nitrogen and oxygen atoms in total. The first kappa shape index (κ1) is 37.3. The minimum Gasteiger partial charge on any atom is -0.481 e. The van der Waals surface area contributed by atoms with E-state index in [1.807, 2.05) is 4.90 Å². The van der Waals surface area contributed by atoms with Crippen LogP contribution >= 0.6 is 0 Å². The van der Waals surface area contributed by atoms with Gasteiger partial charge in [0, 0.05) is 38.0 Å². The number of carboxylic acid groups (broad SMARTS) is 1. The van der Waals surface area contributed by atoms with Gasteiger partial charge >= 0.3 is 18.0 Å². The van der Waals surface area contributed by atoms with Gasteiger partial charge in [0.05, 0.1) is 17.4 Å². The van der Waals surface area contributed by atoms with Gasteiger partial charge in [0.25, 0.3) is 0 Å². The summed E-state index contributed by atoms with van der Waals surface area (Å²) in [5, 5.41) is 13.1. The number of aliphatic carboxylic acids is 1. The molecular formula is C41H65N3O6. The Bertz CT molecular complexity index is 1460. The number of Topliss-reactive ketones (excluding diaryl/α,β-unsaturated/α-hetero) is 1. The minimum atomic E-state index is -1.16. The zero-order valence-electron chi connectivity index (χ0n) is 32.7. The molecule has 0 unspecified atom stereocenters. The number of esters is 1. The van der Waals surface area contributed by atoms with Gasteiger partial charge in [-0.2, -0.15) is 0 Å². The number of nitrogens with one attached hydrogen (secondary N) is 1. The second-order valence-corrected chi connectivity index (χ2v) is 19.7. The summed E-state index contributed by atoms with van der Waals surface area (Å²) in [6.07, 6.45) is 7.80. The van der Waals surface area contributed by atoms with Crippen LogP contribution in [0, 0.1) is 50.7 Å². The number of carbonyl (C=O) groups is 4. The highest BCUT2D eigenvalue weighted by Gasteiger charge is 2.70. The average Bonchev–Trinajstić information content (AvgIpc) is 3.30. The molecule has 0 aromatic carbocycles. The number of fused-ring (bicyclic) bond motifs is 7. The maximum atomic E-state index is 14.0. The van der Waals surface area contributed by atoms with Crippen molar-refractivity contribution in [2.75, 3.05) is 33.2 Å². The number of rotatable bonds is 6. The first-order chi connectivity index (χ1) is 23.1. The molecule has 5 aliphatic carbocycles. The number of carboxylic acids is 1. The van der Waals surface area contributed by atoms with Gasteiger partial charge in [-0.05, 0) is 123 Å². The Hall–Kier alpha value is -2.42. The van der Waals surface area contributed by atoms with Crippen LogP contribution in [0.5, 0.6) is 0 Å². The largest absolute Gasteiger partial charge is 0.481 e. The number of piperazine rings is 1. The van der Waals surface area contributed by atoms with E-state index < -0.39 is 22.9 Å². The summed E-state index contributed by atoms with van der Waals surface area (Å²) < 4.78 is 6.16. The molecule has 5 fully saturated rings. The van der Waals surface area contributed by atoms with E-state index in [9.17, 15) is 24.3 Å². The second kappa shape index (κ2) is 12.3. The van der Waals surface area contributed by atoms with Crippen molar-refractivity contribution >= 4 is 23.8 Å². The van der Waals surface area contributed by atoms with Crippen LogP contribution < -0.4 is 5.32 Å². The summed E-state index contributed by atoms with van der Waals surface area (Å²) in [4.78, 5) is 56.8. The van der Waals surface area contributed by atoms with Crippen LogP contribution in [0.1, 0.15) is 127 Å². The van der Waals surface area contributed by atoms with E-state index >= 15 is 0 Å². The number of hydrogen-bond acceptors (Lipinski definition) is 6. The molecule has 6 rings (SSSR count). The molecule has 0 bridgehead atoms. The lowest BCUT2D eigenvalue weighted by Crippen LogP contribution is -2.68. The number of carbonyl (C=O) groups excluding carboxylic acids is 3. The molecule has 9 heteroatoms. The number of allylic oxidation sites excluding steroid dienone is 1. The molecule has 0 radical (unpaired) electrons. The summed E-state index contributed by atoms with van der Waals surface area (Å²) >= 11 is 0. The van der Waals surface area contributed by atoms with Gasteiger partial charge in [-0.1, -0.05) is 48.5 Å². The maximum absolute atomic E-state index is 14.0. The van der Waals surface area contributed by atoms with Crippen LogP contribution in [0.4, 0.5) is 4.79 Å². The Kier molecular flexibility index (Phi) is 9.21. The number of hydrogen-bond donors (Lipinski definition) is 2. The molecule has 1 aliphatic heterocycles. The molecule has 2 N–H and O–H groups in total. The first-order valence-electron chi connectivity index (χ1n) is 19.6. The van der Waals surface area contributed by atoms with Gasteiger partial charge in [-0.15, -0.1) is 0 Å². The highest BCUT2D eigenvalue weighted by Crippen LogP contribution is 2.76. The molecule has 1 saturated heterocycles. The predicted molar refractivity (Wildman–Crippen MR) is 193 cm³/mol. The summed E-state index contributed by atoms with van der Waals surface area (Å²) in [6.45, 7) is 22.7. The Labute approximate surface area is 300 Å². The third-order valence-corrected chi connectivity index (χ3v) is 15.9. The SMILES string of the molecule is CC(C)C1=C2[C@H]3CC[C@@H]4[C@@]5(C)CC[C@H](OC(=O)CC(C)(C)C(=O)O)C(C)(C)[C@@H]5CC[C@@]4(C)[C@]3(C)CC[C@@]2(NC(=O)N2CCN(C)CC2)CC1=O. The lowest BCUT2D eigenvalue weighted by atomic mass is 9.33. The lowest BCUT2D eigenvalue weighted by Gasteiger charge is -2.72. The van der Waals surface area contributed by atoms with Crippen molar-refractivity contribution in [1.29, 1.82) is 0 Å². The van der Waals surface area contributed by atoms with Crippen molar-refractivity contribution in [1.82, 2.24) is 15.1 Å². The van der Waals surface area contributed by atoms with Gasteiger partial charge in [0.2, 0.25) is 0 Å². The summed E-state index contributed by atoms with van der Waals surface area (Å²) in [7, 11) is 2.10. The molecule has 0 aromatic heterocycles. The predicted octanol–water partition coefficient (Wildman–Crippen LogP) is 7.09. The van der Waals surface area contributed by atoms with Crippen LogP contribution in [0.15, 0.2) is 11.1 Å². The van der Waals surface area contributed by atoms with Crippen molar-refractivity contribution in [3.8, 4) is 0 Å². The van der Waals surface area contributed by atoms with E-state index in [0.29, 0.717) is 31.3 Å². The normalized spacial score (nSPS) is 40.1. The Morgan fingerprint density at radius 3 is 2.18 bits per heavy atom. The Morgan fingerprint density at radius 1 is 0.900 bits per heavy atom. The highest BCUT2D eigenvalue weighted by atomic mass is 16.5.